The van der Waals surface area contributed by atoms with Gasteiger partial charge in [-0.1, -0.05) is 19.9 Å². The van der Waals surface area contributed by atoms with Crippen LogP contribution in [0.3, 0.4) is 0 Å². The SMILES string of the molecule is CN(Cc1cccs1)C(=O)C(C)(C)CCN. The summed E-state index contributed by atoms with van der Waals surface area (Å²) in [5.41, 5.74) is 5.16. The highest BCUT2D eigenvalue weighted by atomic mass is 32.1. The first-order valence-electron chi connectivity index (χ1n) is 5.45. The van der Waals surface area contributed by atoms with Crippen molar-refractivity contribution in [2.45, 2.75) is 26.8 Å². The molecule has 0 aliphatic heterocycles. The van der Waals surface area contributed by atoms with E-state index >= 15 is 0 Å². The van der Waals surface area contributed by atoms with E-state index in [4.69, 9.17) is 5.73 Å². The molecule has 0 saturated heterocycles. The summed E-state index contributed by atoms with van der Waals surface area (Å²) in [6, 6.07) is 4.05. The van der Waals surface area contributed by atoms with Gasteiger partial charge >= 0.3 is 0 Å². The van der Waals surface area contributed by atoms with Crippen molar-refractivity contribution in [3.05, 3.63) is 22.4 Å². The van der Waals surface area contributed by atoms with E-state index in [2.05, 4.69) is 0 Å². The smallest absolute Gasteiger partial charge is 0.228 e. The molecule has 0 aromatic carbocycles. The number of rotatable bonds is 5. The molecule has 1 amide bonds. The van der Waals surface area contributed by atoms with Crippen LogP contribution in [0.5, 0.6) is 0 Å². The molecular weight excluding hydrogens is 220 g/mol. The second-order valence-corrected chi connectivity index (χ2v) is 5.70. The van der Waals surface area contributed by atoms with Crippen molar-refractivity contribution >= 4 is 17.2 Å². The van der Waals surface area contributed by atoms with Crippen LogP contribution in [0.25, 0.3) is 0 Å². The zero-order valence-electron chi connectivity index (χ0n) is 10.2. The van der Waals surface area contributed by atoms with Gasteiger partial charge in [-0.3, -0.25) is 4.79 Å². The van der Waals surface area contributed by atoms with E-state index in [1.165, 1.54) is 4.88 Å². The summed E-state index contributed by atoms with van der Waals surface area (Å²) >= 11 is 1.67. The third kappa shape index (κ3) is 3.32. The van der Waals surface area contributed by atoms with Crippen LogP contribution in [-0.4, -0.2) is 24.4 Å². The zero-order valence-corrected chi connectivity index (χ0v) is 11.0. The lowest BCUT2D eigenvalue weighted by molar-refractivity contribution is -0.139. The van der Waals surface area contributed by atoms with Crippen molar-refractivity contribution in [3.8, 4) is 0 Å². The fourth-order valence-electron chi connectivity index (χ4n) is 1.69. The first kappa shape index (κ1) is 13.2. The van der Waals surface area contributed by atoms with Gasteiger partial charge in [-0.05, 0) is 24.4 Å². The third-order valence-corrected chi connectivity index (χ3v) is 3.53. The molecule has 0 unspecified atom stereocenters. The highest BCUT2D eigenvalue weighted by Gasteiger charge is 2.29. The monoisotopic (exact) mass is 240 g/mol. The number of thiophene rings is 1. The molecule has 1 aromatic rings. The van der Waals surface area contributed by atoms with E-state index in [-0.39, 0.29) is 11.3 Å². The van der Waals surface area contributed by atoms with Crippen molar-refractivity contribution in [1.82, 2.24) is 4.90 Å². The van der Waals surface area contributed by atoms with Gasteiger partial charge in [0.1, 0.15) is 0 Å². The summed E-state index contributed by atoms with van der Waals surface area (Å²) in [7, 11) is 1.85. The number of hydrogen-bond donors (Lipinski definition) is 1. The molecule has 1 aromatic heterocycles. The lowest BCUT2D eigenvalue weighted by Crippen LogP contribution is -2.39. The Kier molecular flexibility index (Phi) is 4.50. The highest BCUT2D eigenvalue weighted by molar-refractivity contribution is 7.09. The molecule has 0 aliphatic rings. The van der Waals surface area contributed by atoms with Gasteiger partial charge in [0.05, 0.1) is 6.54 Å². The number of nitrogens with two attached hydrogens (primary N) is 1. The quantitative estimate of drug-likeness (QED) is 0.856. The van der Waals surface area contributed by atoms with Crippen LogP contribution >= 0.6 is 11.3 Å². The van der Waals surface area contributed by atoms with Crippen LogP contribution in [0.2, 0.25) is 0 Å². The van der Waals surface area contributed by atoms with E-state index < -0.39 is 0 Å². The van der Waals surface area contributed by atoms with Gasteiger partial charge in [0.2, 0.25) is 5.91 Å². The van der Waals surface area contributed by atoms with E-state index in [1.807, 2.05) is 38.4 Å². The topological polar surface area (TPSA) is 46.3 Å². The first-order valence-corrected chi connectivity index (χ1v) is 6.33. The molecule has 0 spiro atoms. The molecule has 0 atom stereocenters. The highest BCUT2D eigenvalue weighted by Crippen LogP contribution is 2.23. The van der Waals surface area contributed by atoms with Crippen molar-refractivity contribution in [3.63, 3.8) is 0 Å². The van der Waals surface area contributed by atoms with Crippen LogP contribution < -0.4 is 5.73 Å². The summed E-state index contributed by atoms with van der Waals surface area (Å²) in [4.78, 5) is 15.1. The van der Waals surface area contributed by atoms with Gasteiger partial charge in [0, 0.05) is 17.3 Å². The lowest BCUT2D eigenvalue weighted by Gasteiger charge is -2.28. The summed E-state index contributed by atoms with van der Waals surface area (Å²) in [5, 5.41) is 2.03. The second kappa shape index (κ2) is 5.46. The standard InChI is InChI=1S/C12H20N2OS/c1-12(2,6-7-13)11(15)14(3)9-10-5-4-8-16-10/h4-5,8H,6-7,9,13H2,1-3H3. The van der Waals surface area contributed by atoms with Gasteiger partial charge in [-0.25, -0.2) is 0 Å². The van der Waals surface area contributed by atoms with Gasteiger partial charge in [0.25, 0.3) is 0 Å². The van der Waals surface area contributed by atoms with Crippen LogP contribution in [-0.2, 0) is 11.3 Å². The average molecular weight is 240 g/mol. The molecule has 16 heavy (non-hydrogen) atoms. The van der Waals surface area contributed by atoms with Crippen molar-refractivity contribution in [2.24, 2.45) is 11.1 Å². The predicted octanol–water partition coefficient (Wildman–Crippen LogP) is 2.08. The minimum atomic E-state index is -0.360. The largest absolute Gasteiger partial charge is 0.340 e. The summed E-state index contributed by atoms with van der Waals surface area (Å²) in [5.74, 6) is 0.159. The van der Waals surface area contributed by atoms with E-state index in [0.717, 1.165) is 6.42 Å². The zero-order chi connectivity index (χ0) is 12.2. The Morgan fingerprint density at radius 1 is 1.56 bits per heavy atom. The van der Waals surface area contributed by atoms with Crippen molar-refractivity contribution in [1.29, 1.82) is 0 Å². The molecule has 1 heterocycles. The second-order valence-electron chi connectivity index (χ2n) is 4.66. The number of carbonyl (C=O) groups excluding carboxylic acids is 1. The summed E-state index contributed by atoms with van der Waals surface area (Å²) < 4.78 is 0. The molecule has 2 N–H and O–H groups in total. The molecule has 0 radical (unpaired) electrons. The molecule has 0 aliphatic carbocycles. The lowest BCUT2D eigenvalue weighted by atomic mass is 9.88. The molecule has 1 rings (SSSR count). The Balaban J connectivity index is 2.60. The molecular formula is C12H20N2OS. The maximum absolute atomic E-state index is 12.2. The van der Waals surface area contributed by atoms with Crippen molar-refractivity contribution in [2.75, 3.05) is 13.6 Å². The molecule has 0 saturated carbocycles. The first-order chi connectivity index (χ1) is 7.47. The molecule has 0 bridgehead atoms. The van der Waals surface area contributed by atoms with Crippen LogP contribution in [0.15, 0.2) is 17.5 Å². The van der Waals surface area contributed by atoms with E-state index in [0.29, 0.717) is 13.1 Å². The van der Waals surface area contributed by atoms with Crippen LogP contribution in [0, 0.1) is 5.41 Å². The Morgan fingerprint density at radius 3 is 2.75 bits per heavy atom. The molecule has 3 nitrogen and oxygen atoms in total. The molecule has 0 fully saturated rings. The number of hydrogen-bond acceptors (Lipinski definition) is 3. The van der Waals surface area contributed by atoms with E-state index in [9.17, 15) is 4.79 Å². The minimum absolute atomic E-state index is 0.159. The number of carbonyl (C=O) groups is 1. The average Bonchev–Trinajstić information content (AvgIpc) is 2.69. The Bertz CT molecular complexity index is 333. The van der Waals surface area contributed by atoms with Gasteiger partial charge < -0.3 is 10.6 Å². The molecule has 4 heteroatoms. The van der Waals surface area contributed by atoms with Crippen molar-refractivity contribution < 1.29 is 4.79 Å². The van der Waals surface area contributed by atoms with Crippen LogP contribution in [0.4, 0.5) is 0 Å². The van der Waals surface area contributed by atoms with Gasteiger partial charge in [0.15, 0.2) is 0 Å². The number of amides is 1. The number of nitrogens with zero attached hydrogens (tertiary/aromatic N) is 1. The fourth-order valence-corrected chi connectivity index (χ4v) is 2.45. The van der Waals surface area contributed by atoms with Gasteiger partial charge in [-0.2, -0.15) is 0 Å². The summed E-state index contributed by atoms with van der Waals surface area (Å²) in [6.45, 7) is 5.14. The fraction of sp³-hybridized carbons (Fsp3) is 0.583. The maximum atomic E-state index is 12.2. The molecule has 90 valence electrons. The minimum Gasteiger partial charge on any atom is -0.340 e. The van der Waals surface area contributed by atoms with E-state index in [1.54, 1.807) is 16.2 Å². The Hall–Kier alpha value is -0.870. The Labute approximate surface area is 101 Å². The maximum Gasteiger partial charge on any atom is 0.228 e. The summed E-state index contributed by atoms with van der Waals surface area (Å²) in [6.07, 6.45) is 0.723. The predicted molar refractivity (Wildman–Crippen MR) is 68.2 cm³/mol. The van der Waals surface area contributed by atoms with Gasteiger partial charge in [-0.15, -0.1) is 11.3 Å². The third-order valence-electron chi connectivity index (χ3n) is 2.67. The Morgan fingerprint density at radius 2 is 2.25 bits per heavy atom. The normalized spacial score (nSPS) is 11.5. The van der Waals surface area contributed by atoms with Crippen LogP contribution in [0.1, 0.15) is 25.1 Å².